The van der Waals surface area contributed by atoms with Crippen LogP contribution in [0.3, 0.4) is 0 Å². The molecule has 3 heterocycles. The number of alkyl halides is 2. The topological polar surface area (TPSA) is 91.2 Å². The number of methoxy groups -OCH3 is 1. The monoisotopic (exact) mass is 577 g/mol. The maximum absolute atomic E-state index is 13.9. The number of carbonyl (C=O) groups excluding carboxylic acids is 1. The fourth-order valence-corrected chi connectivity index (χ4v) is 6.48. The number of rotatable bonds is 6. The summed E-state index contributed by atoms with van der Waals surface area (Å²) in [6, 6.07) is 18.5. The first kappa shape index (κ1) is 26.7. The second kappa shape index (κ2) is 10.2. The molecule has 0 aliphatic carbocycles. The molecule has 210 valence electrons. The molecule has 1 aromatic heterocycles. The van der Waals surface area contributed by atoms with Gasteiger partial charge in [0.05, 0.1) is 17.7 Å². The number of para-hydroxylation sites is 2. The lowest BCUT2D eigenvalue weighted by Gasteiger charge is -2.45. The molecule has 0 spiro atoms. The molecule has 1 amide bonds. The SMILES string of the molecule is COc1cc(C=c2sc3n(c2=O)C2c4ccccc4OC(C)(N=3)C2C(=O)Nc2ccccc2C)ccc1OC(F)F. The van der Waals surface area contributed by atoms with E-state index in [9.17, 15) is 18.4 Å². The highest BCUT2D eigenvalue weighted by molar-refractivity contribution is 7.07. The summed E-state index contributed by atoms with van der Waals surface area (Å²) in [6.07, 6.45) is 1.63. The number of benzene rings is 3. The number of fused-ring (bicyclic) bond motifs is 6. The molecule has 2 aliphatic heterocycles. The summed E-state index contributed by atoms with van der Waals surface area (Å²) in [4.78, 5) is 33.1. The summed E-state index contributed by atoms with van der Waals surface area (Å²) in [5.74, 6) is -0.634. The van der Waals surface area contributed by atoms with Crippen molar-refractivity contribution in [3.63, 3.8) is 0 Å². The third kappa shape index (κ3) is 4.65. The van der Waals surface area contributed by atoms with E-state index in [4.69, 9.17) is 14.5 Å². The second-order valence-electron chi connectivity index (χ2n) is 9.89. The smallest absolute Gasteiger partial charge is 0.387 e. The summed E-state index contributed by atoms with van der Waals surface area (Å²) >= 11 is 1.16. The van der Waals surface area contributed by atoms with Crippen LogP contribution in [0, 0.1) is 12.8 Å². The molecule has 11 heteroatoms. The van der Waals surface area contributed by atoms with E-state index in [1.54, 1.807) is 29.7 Å². The summed E-state index contributed by atoms with van der Waals surface area (Å²) in [5, 5.41) is 3.01. The van der Waals surface area contributed by atoms with Crippen molar-refractivity contribution in [3.8, 4) is 17.2 Å². The molecule has 8 nitrogen and oxygen atoms in total. The molecule has 3 aromatic carbocycles. The molecule has 3 unspecified atom stereocenters. The van der Waals surface area contributed by atoms with Gasteiger partial charge in [-0.25, -0.2) is 4.99 Å². The molecule has 0 saturated heterocycles. The Balaban J connectivity index is 1.48. The van der Waals surface area contributed by atoms with Gasteiger partial charge in [-0.05, 0) is 55.3 Å². The van der Waals surface area contributed by atoms with Crippen LogP contribution in [0.4, 0.5) is 14.5 Å². The van der Waals surface area contributed by atoms with Gasteiger partial charge in [-0.15, -0.1) is 0 Å². The van der Waals surface area contributed by atoms with E-state index in [1.807, 2.05) is 49.4 Å². The number of amides is 1. The predicted octanol–water partition coefficient (Wildman–Crippen LogP) is 4.24. The quantitative estimate of drug-likeness (QED) is 0.370. The molecule has 2 aliphatic rings. The van der Waals surface area contributed by atoms with E-state index < -0.39 is 24.3 Å². The van der Waals surface area contributed by atoms with Crippen LogP contribution >= 0.6 is 11.3 Å². The average molecular weight is 578 g/mol. The first-order chi connectivity index (χ1) is 19.7. The highest BCUT2D eigenvalue weighted by Gasteiger charge is 2.55. The van der Waals surface area contributed by atoms with E-state index in [0.29, 0.717) is 31.9 Å². The molecule has 6 rings (SSSR count). The number of anilines is 1. The number of carbonyl (C=O) groups is 1. The third-order valence-corrected chi connectivity index (χ3v) is 8.25. The van der Waals surface area contributed by atoms with Crippen molar-refractivity contribution in [1.82, 2.24) is 4.57 Å². The van der Waals surface area contributed by atoms with Crippen molar-refractivity contribution >= 4 is 29.0 Å². The number of hydrogen-bond acceptors (Lipinski definition) is 7. The van der Waals surface area contributed by atoms with Crippen LogP contribution in [0.25, 0.3) is 6.08 Å². The molecule has 4 aromatic rings. The van der Waals surface area contributed by atoms with Gasteiger partial charge in [0.2, 0.25) is 11.6 Å². The predicted molar refractivity (Wildman–Crippen MR) is 149 cm³/mol. The molecule has 41 heavy (non-hydrogen) atoms. The number of thiazole rings is 1. The van der Waals surface area contributed by atoms with Gasteiger partial charge in [-0.3, -0.25) is 14.2 Å². The Morgan fingerprint density at radius 3 is 2.66 bits per heavy atom. The highest BCUT2D eigenvalue weighted by atomic mass is 32.1. The van der Waals surface area contributed by atoms with Crippen LogP contribution in [0.1, 0.15) is 29.7 Å². The number of aryl methyl sites for hydroxylation is 1. The normalized spacial score (nSPS) is 20.9. The third-order valence-electron chi connectivity index (χ3n) is 7.27. The van der Waals surface area contributed by atoms with Crippen molar-refractivity contribution in [2.75, 3.05) is 12.4 Å². The van der Waals surface area contributed by atoms with Gasteiger partial charge in [0, 0.05) is 11.3 Å². The Morgan fingerprint density at radius 1 is 1.15 bits per heavy atom. The lowest BCUT2D eigenvalue weighted by molar-refractivity contribution is -0.131. The first-order valence-corrected chi connectivity index (χ1v) is 13.6. The second-order valence-corrected chi connectivity index (χ2v) is 10.9. The lowest BCUT2D eigenvalue weighted by Crippen LogP contribution is -2.59. The van der Waals surface area contributed by atoms with Crippen molar-refractivity contribution < 1.29 is 27.8 Å². The van der Waals surface area contributed by atoms with Crippen LogP contribution in [0.15, 0.2) is 76.5 Å². The standard InChI is InChI=1S/C30H25F2N3O5S/c1-16-8-4-6-10-19(16)33-26(36)24-25-18-9-5-7-11-20(18)40-30(24,2)34-29-35(25)27(37)23(41-29)15-17-12-13-21(39-28(31)32)22(14-17)38-3/h4-15,24-25,28H,1-3H3,(H,33,36). The van der Waals surface area contributed by atoms with Crippen molar-refractivity contribution in [3.05, 3.63) is 103 Å². The minimum atomic E-state index is -3.00. The highest BCUT2D eigenvalue weighted by Crippen LogP contribution is 2.47. The molecule has 0 saturated carbocycles. The number of nitrogens with one attached hydrogen (secondary N) is 1. The van der Waals surface area contributed by atoms with E-state index in [-0.39, 0.29) is 23.0 Å². The Bertz CT molecular complexity index is 1850. The zero-order valence-electron chi connectivity index (χ0n) is 22.3. The van der Waals surface area contributed by atoms with Crippen molar-refractivity contribution in [2.45, 2.75) is 32.2 Å². The van der Waals surface area contributed by atoms with Gasteiger partial charge in [-0.2, -0.15) is 8.78 Å². The summed E-state index contributed by atoms with van der Waals surface area (Å²) in [7, 11) is 1.34. The Labute approximate surface area is 237 Å². The largest absolute Gasteiger partial charge is 0.493 e. The fraction of sp³-hybridized carbons (Fsp3) is 0.233. The fourth-order valence-electron chi connectivity index (χ4n) is 5.39. The van der Waals surface area contributed by atoms with Gasteiger partial charge >= 0.3 is 6.61 Å². The first-order valence-electron chi connectivity index (χ1n) is 12.8. The van der Waals surface area contributed by atoms with E-state index in [2.05, 4.69) is 10.1 Å². The molecule has 2 bridgehead atoms. The van der Waals surface area contributed by atoms with Crippen LogP contribution in [-0.2, 0) is 4.79 Å². The molecule has 0 fully saturated rings. The Kier molecular flexibility index (Phi) is 6.61. The molecule has 0 radical (unpaired) electrons. The summed E-state index contributed by atoms with van der Waals surface area (Å²) in [5.41, 5.74) is 1.19. The minimum absolute atomic E-state index is 0.101. The maximum Gasteiger partial charge on any atom is 0.387 e. The van der Waals surface area contributed by atoms with Crippen LogP contribution in [-0.4, -0.2) is 29.9 Å². The van der Waals surface area contributed by atoms with Gasteiger partial charge in [0.15, 0.2) is 16.3 Å². The van der Waals surface area contributed by atoms with Crippen LogP contribution < -0.4 is 34.4 Å². The number of hydrogen-bond donors (Lipinski definition) is 1. The Hall–Kier alpha value is -4.51. The van der Waals surface area contributed by atoms with Gasteiger partial charge in [-0.1, -0.05) is 53.8 Å². The zero-order valence-corrected chi connectivity index (χ0v) is 23.1. The molecule has 3 atom stereocenters. The van der Waals surface area contributed by atoms with E-state index in [0.717, 1.165) is 16.9 Å². The van der Waals surface area contributed by atoms with Crippen molar-refractivity contribution in [2.24, 2.45) is 10.9 Å². The number of ether oxygens (including phenoxy) is 3. The van der Waals surface area contributed by atoms with Gasteiger partial charge in [0.1, 0.15) is 11.7 Å². The van der Waals surface area contributed by atoms with Crippen LogP contribution in [0.5, 0.6) is 17.2 Å². The summed E-state index contributed by atoms with van der Waals surface area (Å²) in [6.45, 7) is 0.651. The Morgan fingerprint density at radius 2 is 1.90 bits per heavy atom. The molecule has 1 N–H and O–H groups in total. The zero-order chi connectivity index (χ0) is 28.9. The number of halogens is 2. The van der Waals surface area contributed by atoms with Crippen LogP contribution in [0.2, 0.25) is 0 Å². The van der Waals surface area contributed by atoms with Gasteiger partial charge < -0.3 is 19.5 Å². The lowest BCUT2D eigenvalue weighted by atomic mass is 9.80. The summed E-state index contributed by atoms with van der Waals surface area (Å²) < 4.78 is 43.5. The van der Waals surface area contributed by atoms with E-state index >= 15 is 0 Å². The van der Waals surface area contributed by atoms with Crippen molar-refractivity contribution in [1.29, 1.82) is 0 Å². The minimum Gasteiger partial charge on any atom is -0.493 e. The number of nitrogens with zero attached hydrogens (tertiary/aromatic N) is 2. The van der Waals surface area contributed by atoms with Gasteiger partial charge in [0.25, 0.3) is 5.56 Å². The molecular weight excluding hydrogens is 552 g/mol. The molecular formula is C30H25F2N3O5S. The maximum atomic E-state index is 13.9. The number of aromatic nitrogens is 1. The van der Waals surface area contributed by atoms with E-state index in [1.165, 1.54) is 19.2 Å². The average Bonchev–Trinajstić information content (AvgIpc) is 3.22.